The molecule has 0 saturated carbocycles. The largest absolute Gasteiger partial charge is 0.396 e. The normalized spacial score (nSPS) is 10.4. The van der Waals surface area contributed by atoms with Gasteiger partial charge in [0.25, 0.3) is 0 Å². The molecule has 1 aromatic carbocycles. The number of nitrogens with zero attached hydrogens (tertiary/aromatic N) is 2. The van der Waals surface area contributed by atoms with Crippen molar-refractivity contribution in [3.05, 3.63) is 24.0 Å². The van der Waals surface area contributed by atoms with E-state index < -0.39 is 5.82 Å². The lowest BCUT2D eigenvalue weighted by molar-refractivity contribution is 0.632. The van der Waals surface area contributed by atoms with Gasteiger partial charge in [-0.05, 0) is 18.2 Å². The molecule has 1 aromatic heterocycles. The predicted octanol–water partition coefficient (Wildman–Crippen LogP) is 0.775. The number of aromatic nitrogens is 3. The van der Waals surface area contributed by atoms with Crippen LogP contribution in [-0.2, 0) is 0 Å². The molecule has 5 N–H and O–H groups in total. The predicted molar refractivity (Wildman–Crippen MR) is 50.6 cm³/mol. The molecule has 2 aromatic rings. The van der Waals surface area contributed by atoms with Crippen molar-refractivity contribution >= 4 is 11.6 Å². The van der Waals surface area contributed by atoms with Crippen LogP contribution >= 0.6 is 0 Å². The molecule has 0 fully saturated rings. The summed E-state index contributed by atoms with van der Waals surface area (Å²) in [6, 6.07) is 4.28. The molecule has 2 rings (SSSR count). The Balaban J connectivity index is 2.47. The van der Waals surface area contributed by atoms with E-state index in [1.807, 2.05) is 0 Å². The third-order valence-electron chi connectivity index (χ3n) is 1.77. The molecule has 72 valence electrons. The lowest BCUT2D eigenvalue weighted by Crippen LogP contribution is -1.91. The van der Waals surface area contributed by atoms with Crippen molar-refractivity contribution in [1.82, 2.24) is 15.2 Å². The second-order valence-electron chi connectivity index (χ2n) is 2.78. The van der Waals surface area contributed by atoms with Gasteiger partial charge in [0.2, 0.25) is 5.95 Å². The Morgan fingerprint density at radius 1 is 1.29 bits per heavy atom. The molecular formula is C8H8FN5. The van der Waals surface area contributed by atoms with Crippen LogP contribution in [0.25, 0.3) is 11.4 Å². The van der Waals surface area contributed by atoms with Crippen molar-refractivity contribution in [2.45, 2.75) is 0 Å². The number of nitrogen functional groups attached to an aromatic ring is 2. The maximum absolute atomic E-state index is 12.8. The number of H-pyrrole nitrogens is 1. The molecule has 0 aliphatic rings. The minimum absolute atomic E-state index is 0.0671. The third-order valence-corrected chi connectivity index (χ3v) is 1.77. The summed E-state index contributed by atoms with van der Waals surface area (Å²) < 4.78 is 12.8. The Hall–Kier alpha value is -2.11. The number of anilines is 2. The van der Waals surface area contributed by atoms with E-state index in [9.17, 15) is 4.39 Å². The van der Waals surface area contributed by atoms with Crippen molar-refractivity contribution in [3.63, 3.8) is 0 Å². The van der Waals surface area contributed by atoms with Crippen LogP contribution in [0.3, 0.4) is 0 Å². The lowest BCUT2D eigenvalue weighted by Gasteiger charge is -1.98. The second kappa shape index (κ2) is 2.99. The number of nitrogens with two attached hydrogens (primary N) is 2. The van der Waals surface area contributed by atoms with Crippen molar-refractivity contribution in [2.75, 3.05) is 11.5 Å². The van der Waals surface area contributed by atoms with Crippen LogP contribution in [0, 0.1) is 5.82 Å². The van der Waals surface area contributed by atoms with Gasteiger partial charge in [-0.1, -0.05) is 0 Å². The summed E-state index contributed by atoms with van der Waals surface area (Å²) in [6.45, 7) is 0. The van der Waals surface area contributed by atoms with Crippen LogP contribution in [0.2, 0.25) is 0 Å². The first-order chi connectivity index (χ1) is 6.66. The van der Waals surface area contributed by atoms with E-state index in [1.165, 1.54) is 12.1 Å². The van der Waals surface area contributed by atoms with E-state index in [4.69, 9.17) is 11.5 Å². The van der Waals surface area contributed by atoms with Gasteiger partial charge in [0, 0.05) is 5.56 Å². The first kappa shape index (κ1) is 8.49. The van der Waals surface area contributed by atoms with Crippen molar-refractivity contribution < 1.29 is 4.39 Å². The zero-order valence-corrected chi connectivity index (χ0v) is 7.16. The smallest absolute Gasteiger partial charge is 0.239 e. The highest BCUT2D eigenvalue weighted by Gasteiger charge is 2.05. The van der Waals surface area contributed by atoms with Crippen molar-refractivity contribution in [2.24, 2.45) is 0 Å². The van der Waals surface area contributed by atoms with Crippen molar-refractivity contribution in [1.29, 1.82) is 0 Å². The minimum Gasteiger partial charge on any atom is -0.396 e. The van der Waals surface area contributed by atoms with Crippen LogP contribution < -0.4 is 11.5 Å². The molecule has 0 atom stereocenters. The van der Waals surface area contributed by atoms with Gasteiger partial charge in [0.1, 0.15) is 5.82 Å². The van der Waals surface area contributed by atoms with Gasteiger partial charge in [-0.15, -0.1) is 5.10 Å². The van der Waals surface area contributed by atoms with E-state index in [-0.39, 0.29) is 11.6 Å². The Morgan fingerprint density at radius 3 is 2.64 bits per heavy atom. The maximum atomic E-state index is 12.8. The van der Waals surface area contributed by atoms with Crippen LogP contribution in [-0.4, -0.2) is 15.2 Å². The maximum Gasteiger partial charge on any atom is 0.239 e. The Labute approximate surface area is 79.0 Å². The number of hydrogen-bond acceptors (Lipinski definition) is 4. The number of nitrogens with one attached hydrogen (secondary N) is 1. The molecule has 0 aliphatic carbocycles. The second-order valence-corrected chi connectivity index (χ2v) is 2.78. The average Bonchev–Trinajstić information content (AvgIpc) is 2.57. The molecule has 0 spiro atoms. The molecule has 0 unspecified atom stereocenters. The summed E-state index contributed by atoms with van der Waals surface area (Å²) in [5.74, 6) is 0.151. The standard InChI is InChI=1S/C8H8FN5/c9-5-2-1-4(3-6(5)10)7-12-8(11)14-13-7/h1-3H,10H2,(H3,11,12,13,14). The van der Waals surface area contributed by atoms with E-state index in [1.54, 1.807) is 6.07 Å². The fourth-order valence-electron chi connectivity index (χ4n) is 1.09. The first-order valence-corrected chi connectivity index (χ1v) is 3.90. The molecule has 6 heteroatoms. The van der Waals surface area contributed by atoms with Gasteiger partial charge < -0.3 is 11.5 Å². The minimum atomic E-state index is -0.457. The van der Waals surface area contributed by atoms with E-state index in [0.717, 1.165) is 0 Å². The lowest BCUT2D eigenvalue weighted by atomic mass is 10.2. The summed E-state index contributed by atoms with van der Waals surface area (Å²) in [7, 11) is 0. The fourth-order valence-corrected chi connectivity index (χ4v) is 1.09. The number of rotatable bonds is 1. The van der Waals surface area contributed by atoms with E-state index >= 15 is 0 Å². The molecule has 0 bridgehead atoms. The molecular weight excluding hydrogens is 185 g/mol. The van der Waals surface area contributed by atoms with Gasteiger partial charge in [-0.2, -0.15) is 4.98 Å². The zero-order chi connectivity index (χ0) is 10.1. The summed E-state index contributed by atoms with van der Waals surface area (Å²) in [6.07, 6.45) is 0. The number of halogens is 1. The van der Waals surface area contributed by atoms with E-state index in [2.05, 4.69) is 15.2 Å². The van der Waals surface area contributed by atoms with Gasteiger partial charge in [-0.25, -0.2) is 4.39 Å². The molecule has 5 nitrogen and oxygen atoms in total. The van der Waals surface area contributed by atoms with Gasteiger partial charge in [0.15, 0.2) is 5.82 Å². The molecule has 1 heterocycles. The third kappa shape index (κ3) is 1.37. The summed E-state index contributed by atoms with van der Waals surface area (Å²) in [5.41, 5.74) is 11.4. The van der Waals surface area contributed by atoms with Crippen molar-refractivity contribution in [3.8, 4) is 11.4 Å². The van der Waals surface area contributed by atoms with Gasteiger partial charge >= 0.3 is 0 Å². The molecule has 0 radical (unpaired) electrons. The summed E-state index contributed by atoms with van der Waals surface area (Å²) in [4.78, 5) is 3.88. The summed E-state index contributed by atoms with van der Waals surface area (Å²) in [5, 5.41) is 6.26. The average molecular weight is 193 g/mol. The van der Waals surface area contributed by atoms with Crippen LogP contribution in [0.1, 0.15) is 0 Å². The Morgan fingerprint density at radius 2 is 2.07 bits per heavy atom. The monoisotopic (exact) mass is 193 g/mol. The molecule has 0 saturated heterocycles. The Bertz CT molecular complexity index is 465. The molecule has 14 heavy (non-hydrogen) atoms. The number of benzene rings is 1. The fraction of sp³-hybridized carbons (Fsp3) is 0. The highest BCUT2D eigenvalue weighted by molar-refractivity contribution is 5.61. The topological polar surface area (TPSA) is 93.6 Å². The highest BCUT2D eigenvalue weighted by atomic mass is 19.1. The zero-order valence-electron chi connectivity index (χ0n) is 7.16. The van der Waals surface area contributed by atoms with Crippen LogP contribution in [0.4, 0.5) is 16.0 Å². The first-order valence-electron chi connectivity index (χ1n) is 3.90. The van der Waals surface area contributed by atoms with Gasteiger partial charge in [0.05, 0.1) is 5.69 Å². The van der Waals surface area contributed by atoms with E-state index in [0.29, 0.717) is 11.4 Å². The van der Waals surface area contributed by atoms with Crippen LogP contribution in [0.5, 0.6) is 0 Å². The summed E-state index contributed by atoms with van der Waals surface area (Å²) >= 11 is 0. The van der Waals surface area contributed by atoms with Gasteiger partial charge in [-0.3, -0.25) is 5.10 Å². The number of hydrogen-bond donors (Lipinski definition) is 3. The number of aromatic amines is 1. The highest BCUT2D eigenvalue weighted by Crippen LogP contribution is 2.20. The van der Waals surface area contributed by atoms with Crippen LogP contribution in [0.15, 0.2) is 18.2 Å². The SMILES string of the molecule is Nc1n[nH]c(-c2ccc(F)c(N)c2)n1. The molecule has 0 amide bonds. The molecule has 0 aliphatic heterocycles. The Kier molecular flexibility index (Phi) is 1.81. The quantitative estimate of drug-likeness (QED) is 0.583.